The minimum atomic E-state index is -0.562. The van der Waals surface area contributed by atoms with Crippen LogP contribution in [-0.2, 0) is 9.53 Å². The van der Waals surface area contributed by atoms with Crippen LogP contribution in [0.3, 0.4) is 0 Å². The van der Waals surface area contributed by atoms with Crippen molar-refractivity contribution in [2.45, 2.75) is 18.6 Å². The highest BCUT2D eigenvalue weighted by Crippen LogP contribution is 2.22. The van der Waals surface area contributed by atoms with Crippen LogP contribution < -0.4 is 5.32 Å². The molecule has 1 heterocycles. The van der Waals surface area contributed by atoms with Gasteiger partial charge in [-0.05, 0) is 24.1 Å². The standard InChI is InChI=1S/C20H24N2O3/c23-19(16-7-3-1-4-8-16)13-18-15-25-12-11-22(18)14-20(24)21-17-9-5-2-6-10-17/h1-10,18-19,23H,11-15H2,(H,21,24). The number of anilines is 1. The number of carbonyl (C=O) groups is 1. The fraction of sp³-hybridized carbons (Fsp3) is 0.350. The molecule has 1 fully saturated rings. The molecule has 2 aromatic rings. The van der Waals surface area contributed by atoms with Crippen molar-refractivity contribution in [1.82, 2.24) is 4.90 Å². The fourth-order valence-corrected chi connectivity index (χ4v) is 3.09. The summed E-state index contributed by atoms with van der Waals surface area (Å²) in [5.74, 6) is -0.0488. The van der Waals surface area contributed by atoms with Crippen LogP contribution in [0.4, 0.5) is 5.69 Å². The topological polar surface area (TPSA) is 61.8 Å². The van der Waals surface area contributed by atoms with Crippen LogP contribution in [0.2, 0.25) is 0 Å². The summed E-state index contributed by atoms with van der Waals surface area (Å²) < 4.78 is 5.56. The monoisotopic (exact) mass is 340 g/mol. The summed E-state index contributed by atoms with van der Waals surface area (Å²) in [4.78, 5) is 14.4. The Kier molecular flexibility index (Phi) is 6.17. The Balaban J connectivity index is 1.58. The lowest BCUT2D eigenvalue weighted by atomic mass is 10.0. The number of hydrogen-bond donors (Lipinski definition) is 2. The first kappa shape index (κ1) is 17.6. The van der Waals surface area contributed by atoms with Crippen LogP contribution in [0.15, 0.2) is 60.7 Å². The van der Waals surface area contributed by atoms with E-state index in [1.807, 2.05) is 60.7 Å². The molecule has 1 amide bonds. The van der Waals surface area contributed by atoms with E-state index in [0.29, 0.717) is 32.7 Å². The number of morpholine rings is 1. The van der Waals surface area contributed by atoms with Crippen LogP contribution in [0.25, 0.3) is 0 Å². The average Bonchev–Trinajstić information content (AvgIpc) is 2.65. The second-order valence-electron chi connectivity index (χ2n) is 6.28. The molecule has 5 nitrogen and oxygen atoms in total. The Morgan fingerprint density at radius 3 is 2.56 bits per heavy atom. The Hall–Kier alpha value is -2.21. The third kappa shape index (κ3) is 5.13. The van der Waals surface area contributed by atoms with Gasteiger partial charge in [-0.15, -0.1) is 0 Å². The van der Waals surface area contributed by atoms with E-state index in [-0.39, 0.29) is 11.9 Å². The Morgan fingerprint density at radius 2 is 1.84 bits per heavy atom. The first-order valence-electron chi connectivity index (χ1n) is 8.62. The lowest BCUT2D eigenvalue weighted by Gasteiger charge is -2.36. The van der Waals surface area contributed by atoms with Crippen LogP contribution in [0, 0.1) is 0 Å². The highest BCUT2D eigenvalue weighted by Gasteiger charge is 2.27. The summed E-state index contributed by atoms with van der Waals surface area (Å²) >= 11 is 0. The Bertz CT molecular complexity index is 663. The van der Waals surface area contributed by atoms with Gasteiger partial charge in [0.1, 0.15) is 0 Å². The normalized spacial score (nSPS) is 19.3. The number of amides is 1. The van der Waals surface area contributed by atoms with Crippen molar-refractivity contribution in [2.75, 3.05) is 31.6 Å². The summed E-state index contributed by atoms with van der Waals surface area (Å²) in [5.41, 5.74) is 1.68. The van der Waals surface area contributed by atoms with Gasteiger partial charge in [-0.25, -0.2) is 0 Å². The van der Waals surface area contributed by atoms with Crippen LogP contribution in [0.1, 0.15) is 18.1 Å². The number of benzene rings is 2. The third-order valence-electron chi connectivity index (χ3n) is 4.43. The van der Waals surface area contributed by atoms with Crippen LogP contribution in [-0.4, -0.2) is 48.3 Å². The maximum Gasteiger partial charge on any atom is 0.238 e. The minimum Gasteiger partial charge on any atom is -0.388 e. The van der Waals surface area contributed by atoms with Crippen molar-refractivity contribution < 1.29 is 14.6 Å². The molecule has 0 saturated carbocycles. The molecule has 2 atom stereocenters. The molecule has 0 bridgehead atoms. The zero-order valence-electron chi connectivity index (χ0n) is 14.2. The highest BCUT2D eigenvalue weighted by molar-refractivity contribution is 5.92. The number of para-hydroxylation sites is 1. The van der Waals surface area contributed by atoms with Gasteiger partial charge in [0.05, 0.1) is 25.9 Å². The highest BCUT2D eigenvalue weighted by atomic mass is 16.5. The summed E-state index contributed by atoms with van der Waals surface area (Å²) in [6.45, 7) is 2.12. The minimum absolute atomic E-state index is 0.0190. The molecule has 2 unspecified atom stereocenters. The van der Waals surface area contributed by atoms with Gasteiger partial charge < -0.3 is 15.2 Å². The maximum absolute atomic E-state index is 12.3. The number of aliphatic hydroxyl groups is 1. The van der Waals surface area contributed by atoms with E-state index < -0.39 is 6.10 Å². The van der Waals surface area contributed by atoms with E-state index in [4.69, 9.17) is 4.74 Å². The molecule has 2 N–H and O–H groups in total. The average molecular weight is 340 g/mol. The molecule has 0 radical (unpaired) electrons. The molecule has 2 aromatic carbocycles. The van der Waals surface area contributed by atoms with Gasteiger partial charge in [-0.1, -0.05) is 48.5 Å². The summed E-state index contributed by atoms with van der Waals surface area (Å²) in [7, 11) is 0. The van der Waals surface area contributed by atoms with Crippen molar-refractivity contribution in [1.29, 1.82) is 0 Å². The molecular formula is C20H24N2O3. The number of carbonyl (C=O) groups excluding carboxylic acids is 1. The molecule has 3 rings (SSSR count). The summed E-state index contributed by atoms with van der Waals surface area (Å²) in [5, 5.41) is 13.4. The van der Waals surface area contributed by atoms with Gasteiger partial charge in [0.25, 0.3) is 0 Å². The lowest BCUT2D eigenvalue weighted by Crippen LogP contribution is -2.49. The third-order valence-corrected chi connectivity index (χ3v) is 4.43. The van der Waals surface area contributed by atoms with Gasteiger partial charge in [-0.2, -0.15) is 0 Å². The smallest absolute Gasteiger partial charge is 0.238 e. The second-order valence-corrected chi connectivity index (χ2v) is 6.28. The number of hydrogen-bond acceptors (Lipinski definition) is 4. The second kappa shape index (κ2) is 8.76. The molecule has 25 heavy (non-hydrogen) atoms. The molecule has 1 aliphatic rings. The zero-order valence-corrected chi connectivity index (χ0v) is 14.2. The number of aliphatic hydroxyl groups excluding tert-OH is 1. The van der Waals surface area contributed by atoms with E-state index in [1.54, 1.807) is 0 Å². The first-order valence-corrected chi connectivity index (χ1v) is 8.62. The van der Waals surface area contributed by atoms with Crippen molar-refractivity contribution in [3.63, 3.8) is 0 Å². The number of nitrogens with zero attached hydrogens (tertiary/aromatic N) is 1. The quantitative estimate of drug-likeness (QED) is 0.848. The summed E-state index contributed by atoms with van der Waals surface area (Å²) in [6, 6.07) is 19.1. The number of rotatable bonds is 6. The molecule has 1 saturated heterocycles. The van der Waals surface area contributed by atoms with Gasteiger partial charge >= 0.3 is 0 Å². The molecule has 5 heteroatoms. The predicted octanol–water partition coefficient (Wildman–Crippen LogP) is 2.45. The summed E-state index contributed by atoms with van der Waals surface area (Å²) in [6.07, 6.45) is -0.0181. The fourth-order valence-electron chi connectivity index (χ4n) is 3.09. The van der Waals surface area contributed by atoms with Gasteiger partial charge in [0.2, 0.25) is 5.91 Å². The van der Waals surface area contributed by atoms with Gasteiger partial charge in [0, 0.05) is 18.3 Å². The van der Waals surface area contributed by atoms with Gasteiger partial charge in [0.15, 0.2) is 0 Å². The first-order chi connectivity index (χ1) is 12.2. The van der Waals surface area contributed by atoms with E-state index >= 15 is 0 Å². The molecule has 1 aliphatic heterocycles. The maximum atomic E-state index is 12.3. The largest absolute Gasteiger partial charge is 0.388 e. The van der Waals surface area contributed by atoms with Crippen molar-refractivity contribution >= 4 is 11.6 Å². The van der Waals surface area contributed by atoms with E-state index in [2.05, 4.69) is 10.2 Å². The van der Waals surface area contributed by atoms with E-state index in [9.17, 15) is 9.90 Å². The lowest BCUT2D eigenvalue weighted by molar-refractivity contribution is -0.120. The molecule has 0 aromatic heterocycles. The van der Waals surface area contributed by atoms with Crippen molar-refractivity contribution in [3.05, 3.63) is 66.2 Å². The molecule has 0 spiro atoms. The predicted molar refractivity (Wildman–Crippen MR) is 97.3 cm³/mol. The number of ether oxygens (including phenoxy) is 1. The van der Waals surface area contributed by atoms with Crippen molar-refractivity contribution in [2.24, 2.45) is 0 Å². The molecule has 0 aliphatic carbocycles. The number of nitrogens with one attached hydrogen (secondary N) is 1. The Labute approximate surface area is 148 Å². The van der Waals surface area contributed by atoms with E-state index in [1.165, 1.54) is 0 Å². The van der Waals surface area contributed by atoms with E-state index in [0.717, 1.165) is 11.3 Å². The van der Waals surface area contributed by atoms with Crippen LogP contribution >= 0.6 is 0 Å². The molecular weight excluding hydrogens is 316 g/mol. The van der Waals surface area contributed by atoms with Crippen molar-refractivity contribution in [3.8, 4) is 0 Å². The zero-order chi connectivity index (χ0) is 17.5. The SMILES string of the molecule is O=C(CN1CCOCC1CC(O)c1ccccc1)Nc1ccccc1. The molecule has 132 valence electrons. The van der Waals surface area contributed by atoms with Gasteiger partial charge in [-0.3, -0.25) is 9.69 Å². The Morgan fingerprint density at radius 1 is 1.16 bits per heavy atom. The van der Waals surface area contributed by atoms with Crippen LogP contribution in [0.5, 0.6) is 0 Å².